The average molecular weight is 221 g/mol. The van der Waals surface area contributed by atoms with E-state index in [1.807, 2.05) is 12.3 Å². The highest BCUT2D eigenvalue weighted by Gasteiger charge is 1.94. The molecule has 0 unspecified atom stereocenters. The van der Waals surface area contributed by atoms with Gasteiger partial charge in [-0.05, 0) is 25.5 Å². The van der Waals surface area contributed by atoms with E-state index in [4.69, 9.17) is 0 Å². The van der Waals surface area contributed by atoms with E-state index in [0.717, 1.165) is 24.6 Å². The summed E-state index contributed by atoms with van der Waals surface area (Å²) in [6.45, 7) is 6.27. The minimum absolute atomic E-state index is 0.936. The molecule has 3 nitrogen and oxygen atoms in total. The summed E-state index contributed by atoms with van der Waals surface area (Å²) in [5, 5.41) is 6.56. The van der Waals surface area contributed by atoms with Crippen LogP contribution in [0.15, 0.2) is 18.3 Å². The lowest BCUT2D eigenvalue weighted by molar-refractivity contribution is 0.684. The molecular formula is C13H23N3. The van der Waals surface area contributed by atoms with Crippen LogP contribution in [0.2, 0.25) is 0 Å². The second-order valence-corrected chi connectivity index (χ2v) is 3.95. The summed E-state index contributed by atoms with van der Waals surface area (Å²) >= 11 is 0. The molecule has 3 heteroatoms. The van der Waals surface area contributed by atoms with Crippen LogP contribution in [0.3, 0.4) is 0 Å². The SMILES string of the molecule is CCCCCCNc1ccc(NCC)cn1. The first-order valence-electron chi connectivity index (χ1n) is 6.30. The van der Waals surface area contributed by atoms with Gasteiger partial charge in [0, 0.05) is 13.1 Å². The summed E-state index contributed by atoms with van der Waals surface area (Å²) < 4.78 is 0. The Bertz CT molecular complexity index is 269. The number of nitrogens with one attached hydrogen (secondary N) is 2. The van der Waals surface area contributed by atoms with Gasteiger partial charge in [0.25, 0.3) is 0 Å². The van der Waals surface area contributed by atoms with E-state index in [0.29, 0.717) is 0 Å². The largest absolute Gasteiger partial charge is 0.384 e. The number of aromatic nitrogens is 1. The van der Waals surface area contributed by atoms with Crippen molar-refractivity contribution in [1.29, 1.82) is 0 Å². The molecule has 0 aliphatic carbocycles. The van der Waals surface area contributed by atoms with Crippen molar-refractivity contribution in [3.8, 4) is 0 Å². The Morgan fingerprint density at radius 3 is 2.56 bits per heavy atom. The first-order valence-corrected chi connectivity index (χ1v) is 6.30. The van der Waals surface area contributed by atoms with E-state index in [1.54, 1.807) is 0 Å². The summed E-state index contributed by atoms with van der Waals surface area (Å²) in [7, 11) is 0. The molecule has 1 aromatic rings. The quantitative estimate of drug-likeness (QED) is 0.660. The monoisotopic (exact) mass is 221 g/mol. The van der Waals surface area contributed by atoms with Crippen LogP contribution in [0, 0.1) is 0 Å². The Balaban J connectivity index is 2.21. The van der Waals surface area contributed by atoms with Gasteiger partial charge < -0.3 is 10.6 Å². The highest BCUT2D eigenvalue weighted by molar-refractivity contribution is 5.46. The van der Waals surface area contributed by atoms with Crippen molar-refractivity contribution in [2.45, 2.75) is 39.5 Å². The number of hydrogen-bond donors (Lipinski definition) is 2. The summed E-state index contributed by atoms with van der Waals surface area (Å²) in [5.41, 5.74) is 1.08. The lowest BCUT2D eigenvalue weighted by Crippen LogP contribution is -2.04. The third-order valence-corrected chi connectivity index (χ3v) is 2.48. The zero-order chi connectivity index (χ0) is 11.6. The molecule has 0 fully saturated rings. The molecule has 0 saturated heterocycles. The van der Waals surface area contributed by atoms with Gasteiger partial charge in [0.15, 0.2) is 0 Å². The van der Waals surface area contributed by atoms with Crippen LogP contribution in [-0.2, 0) is 0 Å². The van der Waals surface area contributed by atoms with Gasteiger partial charge in [0.2, 0.25) is 0 Å². The smallest absolute Gasteiger partial charge is 0.126 e. The van der Waals surface area contributed by atoms with E-state index >= 15 is 0 Å². The summed E-state index contributed by atoms with van der Waals surface area (Å²) in [4.78, 5) is 4.34. The first kappa shape index (κ1) is 12.8. The van der Waals surface area contributed by atoms with Gasteiger partial charge in [-0.2, -0.15) is 0 Å². The fourth-order valence-electron chi connectivity index (χ4n) is 1.58. The third-order valence-electron chi connectivity index (χ3n) is 2.48. The van der Waals surface area contributed by atoms with Crippen molar-refractivity contribution in [2.75, 3.05) is 23.7 Å². The molecule has 0 bridgehead atoms. The molecule has 0 aliphatic rings. The van der Waals surface area contributed by atoms with Crippen LogP contribution in [0.25, 0.3) is 0 Å². The van der Waals surface area contributed by atoms with Gasteiger partial charge in [0.1, 0.15) is 5.82 Å². The summed E-state index contributed by atoms with van der Waals surface area (Å²) in [5.74, 6) is 0.971. The topological polar surface area (TPSA) is 37.0 Å². The molecule has 0 aromatic carbocycles. The average Bonchev–Trinajstić information content (AvgIpc) is 2.31. The van der Waals surface area contributed by atoms with E-state index in [9.17, 15) is 0 Å². The zero-order valence-corrected chi connectivity index (χ0v) is 10.4. The Morgan fingerprint density at radius 1 is 1.06 bits per heavy atom. The van der Waals surface area contributed by atoms with Crippen molar-refractivity contribution in [3.05, 3.63) is 18.3 Å². The van der Waals surface area contributed by atoms with Crippen LogP contribution in [0.1, 0.15) is 39.5 Å². The molecule has 0 atom stereocenters. The maximum Gasteiger partial charge on any atom is 0.126 e. The van der Waals surface area contributed by atoms with Crippen LogP contribution in [0.5, 0.6) is 0 Å². The van der Waals surface area contributed by atoms with Crippen LogP contribution >= 0.6 is 0 Å². The first-order chi connectivity index (χ1) is 7.86. The molecule has 1 heterocycles. The number of nitrogens with zero attached hydrogens (tertiary/aromatic N) is 1. The molecule has 0 radical (unpaired) electrons. The Morgan fingerprint density at radius 2 is 1.94 bits per heavy atom. The predicted molar refractivity (Wildman–Crippen MR) is 71.0 cm³/mol. The number of unbranched alkanes of at least 4 members (excludes halogenated alkanes) is 3. The number of rotatable bonds is 8. The second-order valence-electron chi connectivity index (χ2n) is 3.95. The van der Waals surface area contributed by atoms with Crippen molar-refractivity contribution in [1.82, 2.24) is 4.98 Å². The van der Waals surface area contributed by atoms with Crippen molar-refractivity contribution in [3.63, 3.8) is 0 Å². The molecule has 90 valence electrons. The maximum atomic E-state index is 4.34. The minimum Gasteiger partial charge on any atom is -0.384 e. The molecule has 0 saturated carbocycles. The highest BCUT2D eigenvalue weighted by atomic mass is 15.0. The van der Waals surface area contributed by atoms with Gasteiger partial charge in [-0.25, -0.2) is 4.98 Å². The zero-order valence-electron chi connectivity index (χ0n) is 10.4. The fraction of sp³-hybridized carbons (Fsp3) is 0.615. The number of hydrogen-bond acceptors (Lipinski definition) is 3. The number of pyridine rings is 1. The van der Waals surface area contributed by atoms with Crippen molar-refractivity contribution < 1.29 is 0 Å². The predicted octanol–water partition coefficient (Wildman–Crippen LogP) is 3.51. The Hall–Kier alpha value is -1.25. The van der Waals surface area contributed by atoms with Crippen molar-refractivity contribution in [2.24, 2.45) is 0 Å². The van der Waals surface area contributed by atoms with E-state index in [-0.39, 0.29) is 0 Å². The molecule has 0 spiro atoms. The third kappa shape index (κ3) is 5.01. The lowest BCUT2D eigenvalue weighted by atomic mass is 10.2. The van der Waals surface area contributed by atoms with Crippen molar-refractivity contribution >= 4 is 11.5 Å². The maximum absolute atomic E-state index is 4.34. The minimum atomic E-state index is 0.936. The molecule has 1 aromatic heterocycles. The van der Waals surface area contributed by atoms with Crippen LogP contribution in [-0.4, -0.2) is 18.1 Å². The molecule has 0 aliphatic heterocycles. The van der Waals surface area contributed by atoms with Gasteiger partial charge in [-0.15, -0.1) is 0 Å². The van der Waals surface area contributed by atoms with Gasteiger partial charge in [-0.3, -0.25) is 0 Å². The van der Waals surface area contributed by atoms with Gasteiger partial charge >= 0.3 is 0 Å². The molecule has 2 N–H and O–H groups in total. The second kappa shape index (κ2) is 7.97. The van der Waals surface area contributed by atoms with Crippen LogP contribution in [0.4, 0.5) is 11.5 Å². The van der Waals surface area contributed by atoms with E-state index in [1.165, 1.54) is 25.7 Å². The Labute approximate surface area is 98.7 Å². The molecule has 1 rings (SSSR count). The van der Waals surface area contributed by atoms with E-state index < -0.39 is 0 Å². The molecule has 16 heavy (non-hydrogen) atoms. The summed E-state index contributed by atoms with van der Waals surface area (Å²) in [6, 6.07) is 4.09. The fourth-order valence-corrected chi connectivity index (χ4v) is 1.58. The normalized spacial score (nSPS) is 10.1. The van der Waals surface area contributed by atoms with Crippen LogP contribution < -0.4 is 10.6 Å². The summed E-state index contributed by atoms with van der Waals surface area (Å²) in [6.07, 6.45) is 7.02. The van der Waals surface area contributed by atoms with Gasteiger partial charge in [0.05, 0.1) is 11.9 Å². The van der Waals surface area contributed by atoms with E-state index in [2.05, 4.69) is 35.5 Å². The number of anilines is 2. The molecule has 0 amide bonds. The lowest BCUT2D eigenvalue weighted by Gasteiger charge is -2.06. The molecular weight excluding hydrogens is 198 g/mol. The Kier molecular flexibility index (Phi) is 6.38. The van der Waals surface area contributed by atoms with Gasteiger partial charge in [-0.1, -0.05) is 26.2 Å². The highest BCUT2D eigenvalue weighted by Crippen LogP contribution is 2.09. The standard InChI is InChI=1S/C13H23N3/c1-3-5-6-7-10-15-13-9-8-12(11-16-13)14-4-2/h8-9,11,14H,3-7,10H2,1-2H3,(H,15,16).